The zero-order valence-corrected chi connectivity index (χ0v) is 10.6. The van der Waals surface area contributed by atoms with Gasteiger partial charge in [-0.1, -0.05) is 6.92 Å². The van der Waals surface area contributed by atoms with Gasteiger partial charge in [0.05, 0.1) is 18.6 Å². The fraction of sp³-hybridized carbons (Fsp3) is 0.583. The first-order chi connectivity index (χ1) is 8.24. The summed E-state index contributed by atoms with van der Waals surface area (Å²) in [4.78, 5) is 13.9. The lowest BCUT2D eigenvalue weighted by atomic mass is 10.2. The van der Waals surface area contributed by atoms with E-state index in [0.717, 1.165) is 12.2 Å². The average molecular weight is 258 g/mol. The third-order valence-electron chi connectivity index (χ3n) is 2.82. The quantitative estimate of drug-likeness (QED) is 0.777. The summed E-state index contributed by atoms with van der Waals surface area (Å²) in [5.74, 6) is 1.55. The molecule has 1 amide bonds. The van der Waals surface area contributed by atoms with E-state index in [1.54, 1.807) is 11.0 Å². The highest BCUT2D eigenvalue weighted by molar-refractivity contribution is 6.18. The summed E-state index contributed by atoms with van der Waals surface area (Å²) in [5.41, 5.74) is 0. The number of rotatable bonds is 3. The Balaban J connectivity index is 2.03. The number of carbonyl (C=O) groups is 1. The first kappa shape index (κ1) is 12.5. The zero-order valence-electron chi connectivity index (χ0n) is 9.82. The van der Waals surface area contributed by atoms with Gasteiger partial charge in [-0.15, -0.1) is 11.6 Å². The molecule has 0 saturated carbocycles. The third kappa shape index (κ3) is 2.82. The lowest BCUT2D eigenvalue weighted by Crippen LogP contribution is -2.46. The van der Waals surface area contributed by atoms with Gasteiger partial charge in [0.15, 0.2) is 5.76 Å². The summed E-state index contributed by atoms with van der Waals surface area (Å²) in [5, 5.41) is 0. The summed E-state index contributed by atoms with van der Waals surface area (Å²) in [6.07, 6.45) is 0.718. The Hall–Kier alpha value is -1.00. The molecule has 2 heterocycles. The molecule has 1 aromatic heterocycles. The molecule has 0 bridgehead atoms. The van der Waals surface area contributed by atoms with Gasteiger partial charge in [0.2, 0.25) is 0 Å². The van der Waals surface area contributed by atoms with Crippen molar-refractivity contribution in [3.05, 3.63) is 23.7 Å². The fourth-order valence-corrected chi connectivity index (χ4v) is 2.02. The molecule has 4 nitrogen and oxygen atoms in total. The van der Waals surface area contributed by atoms with E-state index < -0.39 is 0 Å². The predicted octanol–water partition coefficient (Wildman–Crippen LogP) is 1.92. The Bertz CT molecular complexity index is 391. The SMILES string of the molecule is CCc1ccc(C(=O)N2CCOC(CCl)C2)o1. The van der Waals surface area contributed by atoms with Gasteiger partial charge < -0.3 is 14.1 Å². The molecule has 1 atom stereocenters. The summed E-state index contributed by atoms with van der Waals surface area (Å²) >= 11 is 5.74. The van der Waals surface area contributed by atoms with Crippen molar-refractivity contribution in [3.8, 4) is 0 Å². The van der Waals surface area contributed by atoms with Crippen molar-refractivity contribution in [1.29, 1.82) is 0 Å². The van der Waals surface area contributed by atoms with Gasteiger partial charge in [-0.25, -0.2) is 0 Å². The number of nitrogens with zero attached hydrogens (tertiary/aromatic N) is 1. The van der Waals surface area contributed by atoms with E-state index >= 15 is 0 Å². The Morgan fingerprint density at radius 1 is 1.59 bits per heavy atom. The summed E-state index contributed by atoms with van der Waals surface area (Å²) < 4.78 is 10.9. The monoisotopic (exact) mass is 257 g/mol. The van der Waals surface area contributed by atoms with Crippen molar-refractivity contribution in [2.45, 2.75) is 19.4 Å². The highest BCUT2D eigenvalue weighted by Crippen LogP contribution is 2.14. The van der Waals surface area contributed by atoms with E-state index in [0.29, 0.717) is 31.3 Å². The molecular formula is C12H16ClNO3. The van der Waals surface area contributed by atoms with E-state index in [1.807, 2.05) is 13.0 Å². The minimum Gasteiger partial charge on any atom is -0.456 e. The van der Waals surface area contributed by atoms with Gasteiger partial charge >= 0.3 is 0 Å². The molecule has 0 radical (unpaired) electrons. The van der Waals surface area contributed by atoms with Crippen LogP contribution < -0.4 is 0 Å². The van der Waals surface area contributed by atoms with Gasteiger partial charge in [0.1, 0.15) is 5.76 Å². The summed E-state index contributed by atoms with van der Waals surface area (Å²) in [6, 6.07) is 3.57. The Morgan fingerprint density at radius 3 is 3.06 bits per heavy atom. The molecule has 0 spiro atoms. The number of ether oxygens (including phenoxy) is 1. The third-order valence-corrected chi connectivity index (χ3v) is 3.16. The first-order valence-corrected chi connectivity index (χ1v) is 6.33. The molecule has 0 aromatic carbocycles. The molecule has 1 aliphatic heterocycles. The smallest absolute Gasteiger partial charge is 0.289 e. The number of hydrogen-bond acceptors (Lipinski definition) is 3. The van der Waals surface area contributed by atoms with Crippen LogP contribution in [0.3, 0.4) is 0 Å². The van der Waals surface area contributed by atoms with E-state index in [-0.39, 0.29) is 12.0 Å². The molecule has 17 heavy (non-hydrogen) atoms. The predicted molar refractivity (Wildman–Crippen MR) is 64.4 cm³/mol. The van der Waals surface area contributed by atoms with Crippen LogP contribution in [-0.4, -0.2) is 42.5 Å². The van der Waals surface area contributed by atoms with E-state index in [4.69, 9.17) is 20.8 Å². The minimum atomic E-state index is -0.0804. The largest absolute Gasteiger partial charge is 0.456 e. The maximum atomic E-state index is 12.1. The number of carbonyl (C=O) groups excluding carboxylic acids is 1. The van der Waals surface area contributed by atoms with Crippen LogP contribution in [-0.2, 0) is 11.2 Å². The van der Waals surface area contributed by atoms with Crippen molar-refractivity contribution >= 4 is 17.5 Å². The molecular weight excluding hydrogens is 242 g/mol. The van der Waals surface area contributed by atoms with E-state index in [1.165, 1.54) is 0 Å². The highest BCUT2D eigenvalue weighted by atomic mass is 35.5. The summed E-state index contributed by atoms with van der Waals surface area (Å²) in [6.45, 7) is 3.65. The van der Waals surface area contributed by atoms with Crippen LogP contribution in [0.15, 0.2) is 16.5 Å². The number of amides is 1. The Labute approximate surface area is 105 Å². The van der Waals surface area contributed by atoms with Crippen molar-refractivity contribution < 1.29 is 13.9 Å². The van der Waals surface area contributed by atoms with E-state index in [9.17, 15) is 4.79 Å². The highest BCUT2D eigenvalue weighted by Gasteiger charge is 2.26. The van der Waals surface area contributed by atoms with Crippen molar-refractivity contribution in [3.63, 3.8) is 0 Å². The minimum absolute atomic E-state index is 0.0741. The van der Waals surface area contributed by atoms with Gasteiger partial charge in [-0.05, 0) is 12.1 Å². The molecule has 1 fully saturated rings. The average Bonchev–Trinajstić information content (AvgIpc) is 2.86. The topological polar surface area (TPSA) is 42.7 Å². The van der Waals surface area contributed by atoms with Gasteiger partial charge in [0, 0.05) is 19.5 Å². The Morgan fingerprint density at radius 2 is 2.41 bits per heavy atom. The fourth-order valence-electron chi connectivity index (χ4n) is 1.84. The van der Waals surface area contributed by atoms with Crippen LogP contribution in [0.1, 0.15) is 23.2 Å². The maximum absolute atomic E-state index is 12.1. The van der Waals surface area contributed by atoms with Crippen LogP contribution >= 0.6 is 11.6 Å². The molecule has 1 aromatic rings. The zero-order chi connectivity index (χ0) is 12.3. The number of alkyl halides is 1. The van der Waals surface area contributed by atoms with Crippen molar-refractivity contribution in [1.82, 2.24) is 4.90 Å². The van der Waals surface area contributed by atoms with Gasteiger partial charge in [-0.2, -0.15) is 0 Å². The standard InChI is InChI=1S/C12H16ClNO3/c1-2-9-3-4-11(17-9)12(15)14-5-6-16-10(7-13)8-14/h3-4,10H,2,5-8H2,1H3. The molecule has 1 aliphatic rings. The maximum Gasteiger partial charge on any atom is 0.289 e. The van der Waals surface area contributed by atoms with Gasteiger partial charge in [0.25, 0.3) is 5.91 Å². The second-order valence-corrected chi connectivity index (χ2v) is 4.33. The van der Waals surface area contributed by atoms with Crippen LogP contribution in [0.25, 0.3) is 0 Å². The normalized spacial score (nSPS) is 20.6. The van der Waals surface area contributed by atoms with Crippen molar-refractivity contribution in [2.24, 2.45) is 0 Å². The van der Waals surface area contributed by atoms with Crippen molar-refractivity contribution in [2.75, 3.05) is 25.6 Å². The van der Waals surface area contributed by atoms with Gasteiger partial charge in [-0.3, -0.25) is 4.79 Å². The molecule has 0 aliphatic carbocycles. The number of halogens is 1. The molecule has 0 N–H and O–H groups in total. The molecule has 1 unspecified atom stereocenters. The molecule has 1 saturated heterocycles. The molecule has 94 valence electrons. The first-order valence-electron chi connectivity index (χ1n) is 5.80. The summed E-state index contributed by atoms with van der Waals surface area (Å²) in [7, 11) is 0. The molecule has 2 rings (SSSR count). The second kappa shape index (κ2) is 5.56. The number of morpholine rings is 1. The van der Waals surface area contributed by atoms with Crippen LogP contribution in [0.4, 0.5) is 0 Å². The van der Waals surface area contributed by atoms with Crippen LogP contribution in [0, 0.1) is 0 Å². The second-order valence-electron chi connectivity index (χ2n) is 4.02. The lowest BCUT2D eigenvalue weighted by molar-refractivity contribution is -0.0119. The Kier molecular flexibility index (Phi) is 4.07. The number of furan rings is 1. The van der Waals surface area contributed by atoms with Crippen LogP contribution in [0.2, 0.25) is 0 Å². The molecule has 5 heteroatoms. The van der Waals surface area contributed by atoms with E-state index in [2.05, 4.69) is 0 Å². The lowest BCUT2D eigenvalue weighted by Gasteiger charge is -2.31. The van der Waals surface area contributed by atoms with Crippen LogP contribution in [0.5, 0.6) is 0 Å². The number of hydrogen-bond donors (Lipinski definition) is 0. The number of aryl methyl sites for hydroxylation is 1.